The summed E-state index contributed by atoms with van der Waals surface area (Å²) in [5.41, 5.74) is 2.24. The van der Waals surface area contributed by atoms with E-state index in [9.17, 15) is 0 Å². The molecule has 0 fully saturated rings. The van der Waals surface area contributed by atoms with Gasteiger partial charge in [-0.1, -0.05) is 43.2 Å². The third-order valence-electron chi connectivity index (χ3n) is 3.16. The second-order valence-electron chi connectivity index (χ2n) is 4.81. The van der Waals surface area contributed by atoms with Crippen LogP contribution in [0, 0.1) is 0 Å². The van der Waals surface area contributed by atoms with Gasteiger partial charge in [0.25, 0.3) is 0 Å². The van der Waals surface area contributed by atoms with Gasteiger partial charge in [0.1, 0.15) is 5.01 Å². The highest BCUT2D eigenvalue weighted by Gasteiger charge is 2.03. The molecule has 0 bridgehead atoms. The summed E-state index contributed by atoms with van der Waals surface area (Å²) in [4.78, 5) is 4.65. The van der Waals surface area contributed by atoms with Crippen molar-refractivity contribution < 1.29 is 5.11 Å². The number of aliphatic hydroxyl groups excluding tert-OH is 1. The van der Waals surface area contributed by atoms with Crippen LogP contribution in [0.3, 0.4) is 0 Å². The predicted molar refractivity (Wildman–Crippen MR) is 84.8 cm³/mol. The lowest BCUT2D eigenvalue weighted by Gasteiger charge is -2.02. The maximum atomic E-state index is 8.69. The Kier molecular flexibility index (Phi) is 6.71. The van der Waals surface area contributed by atoms with Gasteiger partial charge in [-0.25, -0.2) is 4.98 Å². The van der Waals surface area contributed by atoms with Crippen LogP contribution in [0.4, 0.5) is 0 Å². The van der Waals surface area contributed by atoms with Crippen LogP contribution < -0.4 is 5.32 Å². The molecule has 0 atom stereocenters. The number of thiazole rings is 1. The number of nitrogens with zero attached hydrogens (tertiary/aromatic N) is 1. The summed E-state index contributed by atoms with van der Waals surface area (Å²) >= 11 is 1.71. The molecule has 2 aromatic rings. The molecule has 0 radical (unpaired) electrons. The Balaban J connectivity index is 1.69. The van der Waals surface area contributed by atoms with E-state index in [1.165, 1.54) is 12.0 Å². The highest BCUT2D eigenvalue weighted by atomic mass is 32.1. The minimum Gasteiger partial charge on any atom is -0.396 e. The third kappa shape index (κ3) is 5.04. The van der Waals surface area contributed by atoms with Crippen LogP contribution in [0.2, 0.25) is 0 Å². The summed E-state index contributed by atoms with van der Waals surface area (Å²) in [5.74, 6) is 0. The van der Waals surface area contributed by atoms with Crippen LogP contribution in [-0.4, -0.2) is 23.2 Å². The van der Waals surface area contributed by atoms with E-state index >= 15 is 0 Å². The Morgan fingerprint density at radius 3 is 2.65 bits per heavy atom. The van der Waals surface area contributed by atoms with Crippen molar-refractivity contribution in [3.05, 3.63) is 40.7 Å². The van der Waals surface area contributed by atoms with Crippen LogP contribution in [0.1, 0.15) is 30.7 Å². The molecule has 108 valence electrons. The average molecular weight is 290 g/mol. The minimum atomic E-state index is 0.314. The quantitative estimate of drug-likeness (QED) is 0.695. The fourth-order valence-electron chi connectivity index (χ4n) is 2.04. The normalized spacial score (nSPS) is 10.8. The lowest BCUT2D eigenvalue weighted by molar-refractivity contribution is 0.282. The van der Waals surface area contributed by atoms with Crippen LogP contribution in [0.25, 0.3) is 11.3 Å². The number of rotatable bonds is 9. The van der Waals surface area contributed by atoms with Crippen molar-refractivity contribution in [1.82, 2.24) is 10.3 Å². The van der Waals surface area contributed by atoms with Crippen LogP contribution in [0.15, 0.2) is 35.7 Å². The van der Waals surface area contributed by atoms with Gasteiger partial charge >= 0.3 is 0 Å². The van der Waals surface area contributed by atoms with E-state index in [1.807, 2.05) is 18.2 Å². The molecule has 0 aliphatic carbocycles. The molecule has 0 saturated carbocycles. The van der Waals surface area contributed by atoms with Gasteiger partial charge in [-0.05, 0) is 19.4 Å². The summed E-state index contributed by atoms with van der Waals surface area (Å²) in [5, 5.41) is 15.4. The molecular weight excluding hydrogens is 268 g/mol. The maximum absolute atomic E-state index is 8.69. The number of aromatic nitrogens is 1. The summed E-state index contributed by atoms with van der Waals surface area (Å²) in [6.45, 7) is 2.18. The van der Waals surface area contributed by atoms with Gasteiger partial charge in [0.2, 0.25) is 0 Å². The molecule has 2 N–H and O–H groups in total. The highest BCUT2D eigenvalue weighted by molar-refractivity contribution is 7.09. The first-order valence-electron chi connectivity index (χ1n) is 7.21. The van der Waals surface area contributed by atoms with Gasteiger partial charge < -0.3 is 10.4 Å². The largest absolute Gasteiger partial charge is 0.396 e. The van der Waals surface area contributed by atoms with E-state index < -0.39 is 0 Å². The van der Waals surface area contributed by atoms with E-state index in [0.717, 1.165) is 43.1 Å². The van der Waals surface area contributed by atoms with Crippen molar-refractivity contribution in [2.75, 3.05) is 13.2 Å². The molecule has 1 aromatic heterocycles. The molecule has 0 amide bonds. The molecule has 20 heavy (non-hydrogen) atoms. The lowest BCUT2D eigenvalue weighted by atomic mass is 10.2. The molecular formula is C16H22N2OS. The first-order valence-corrected chi connectivity index (χ1v) is 8.09. The monoisotopic (exact) mass is 290 g/mol. The molecule has 4 heteroatoms. The smallest absolute Gasteiger partial charge is 0.107 e. The first kappa shape index (κ1) is 15.2. The number of hydrogen-bond acceptors (Lipinski definition) is 4. The lowest BCUT2D eigenvalue weighted by Crippen LogP contribution is -2.14. The summed E-state index contributed by atoms with van der Waals surface area (Å²) in [7, 11) is 0. The third-order valence-corrected chi connectivity index (χ3v) is 4.01. The molecule has 3 nitrogen and oxygen atoms in total. The number of hydrogen-bond donors (Lipinski definition) is 2. The zero-order chi connectivity index (χ0) is 14.0. The standard InChI is InChI=1S/C16H22N2OS/c19-11-7-2-1-6-10-17-12-16-18-15(13-20-16)14-8-4-3-5-9-14/h3-5,8-9,13,17,19H,1-2,6-7,10-12H2. The number of benzene rings is 1. The van der Waals surface area contributed by atoms with E-state index in [1.54, 1.807) is 11.3 Å². The van der Waals surface area contributed by atoms with E-state index in [-0.39, 0.29) is 0 Å². The Labute approximate surface area is 124 Å². The number of unbranched alkanes of at least 4 members (excludes halogenated alkanes) is 3. The summed E-state index contributed by atoms with van der Waals surface area (Å²) in [6, 6.07) is 10.3. The van der Waals surface area contributed by atoms with Crippen molar-refractivity contribution >= 4 is 11.3 Å². The zero-order valence-corrected chi connectivity index (χ0v) is 12.5. The second-order valence-corrected chi connectivity index (χ2v) is 5.75. The van der Waals surface area contributed by atoms with Crippen molar-refractivity contribution in [3.63, 3.8) is 0 Å². The van der Waals surface area contributed by atoms with Crippen molar-refractivity contribution in [2.45, 2.75) is 32.2 Å². The first-order chi connectivity index (χ1) is 9.90. The molecule has 1 aromatic carbocycles. The van der Waals surface area contributed by atoms with Crippen molar-refractivity contribution in [3.8, 4) is 11.3 Å². The molecule has 0 spiro atoms. The topological polar surface area (TPSA) is 45.1 Å². The van der Waals surface area contributed by atoms with Crippen molar-refractivity contribution in [1.29, 1.82) is 0 Å². The Morgan fingerprint density at radius 2 is 1.85 bits per heavy atom. The Bertz CT molecular complexity index is 484. The molecule has 0 aliphatic rings. The SMILES string of the molecule is OCCCCCCNCc1nc(-c2ccccc2)cs1. The van der Waals surface area contributed by atoms with Gasteiger partial charge in [-0.15, -0.1) is 11.3 Å². The van der Waals surface area contributed by atoms with Gasteiger partial charge in [-0.2, -0.15) is 0 Å². The molecule has 0 aliphatic heterocycles. The zero-order valence-electron chi connectivity index (χ0n) is 11.7. The minimum absolute atomic E-state index is 0.314. The van der Waals surface area contributed by atoms with E-state index in [2.05, 4.69) is 27.8 Å². The Hall–Kier alpha value is -1.23. The van der Waals surface area contributed by atoms with E-state index in [0.29, 0.717) is 6.61 Å². The number of nitrogens with one attached hydrogen (secondary N) is 1. The summed E-state index contributed by atoms with van der Waals surface area (Å²) in [6.07, 6.45) is 4.39. The highest BCUT2D eigenvalue weighted by Crippen LogP contribution is 2.21. The van der Waals surface area contributed by atoms with Gasteiger partial charge in [0.15, 0.2) is 0 Å². The average Bonchev–Trinajstić information content (AvgIpc) is 2.96. The maximum Gasteiger partial charge on any atom is 0.107 e. The van der Waals surface area contributed by atoms with E-state index in [4.69, 9.17) is 5.11 Å². The van der Waals surface area contributed by atoms with Crippen LogP contribution >= 0.6 is 11.3 Å². The molecule has 0 unspecified atom stereocenters. The van der Waals surface area contributed by atoms with Gasteiger partial charge in [0.05, 0.1) is 5.69 Å². The van der Waals surface area contributed by atoms with Gasteiger partial charge in [-0.3, -0.25) is 0 Å². The van der Waals surface area contributed by atoms with Crippen molar-refractivity contribution in [2.24, 2.45) is 0 Å². The Morgan fingerprint density at radius 1 is 1.05 bits per heavy atom. The fraction of sp³-hybridized carbons (Fsp3) is 0.438. The molecule has 0 saturated heterocycles. The van der Waals surface area contributed by atoms with Gasteiger partial charge in [0, 0.05) is 24.1 Å². The predicted octanol–water partition coefficient (Wildman–Crippen LogP) is 3.45. The molecule has 1 heterocycles. The molecule has 2 rings (SSSR count). The second kappa shape index (κ2) is 8.84. The van der Waals surface area contributed by atoms with Crippen LogP contribution in [-0.2, 0) is 6.54 Å². The fourth-order valence-corrected chi connectivity index (χ4v) is 2.82. The van der Waals surface area contributed by atoms with Crippen LogP contribution in [0.5, 0.6) is 0 Å². The number of aliphatic hydroxyl groups is 1. The summed E-state index contributed by atoms with van der Waals surface area (Å²) < 4.78 is 0.